The lowest BCUT2D eigenvalue weighted by Gasteiger charge is -2.30. The van der Waals surface area contributed by atoms with Gasteiger partial charge in [0.25, 0.3) is 0 Å². The third-order valence-corrected chi connectivity index (χ3v) is 3.55. The third kappa shape index (κ3) is 3.57. The van der Waals surface area contributed by atoms with Crippen LogP contribution in [-0.2, 0) is 17.6 Å². The fraction of sp³-hybridized carbons (Fsp3) is 0.692. The third-order valence-electron chi connectivity index (χ3n) is 3.55. The second-order valence-electron chi connectivity index (χ2n) is 4.88. The highest BCUT2D eigenvalue weighted by molar-refractivity contribution is 5.69. The Morgan fingerprint density at radius 1 is 1.56 bits per heavy atom. The Hall–Kier alpha value is -1.36. The van der Waals surface area contributed by atoms with E-state index in [1.165, 1.54) is 19.1 Å². The monoisotopic (exact) mass is 252 g/mol. The van der Waals surface area contributed by atoms with Crippen molar-refractivity contribution in [3.63, 3.8) is 0 Å². The minimum Gasteiger partial charge on any atom is -0.481 e. The van der Waals surface area contributed by atoms with Crippen LogP contribution in [-0.4, -0.2) is 40.6 Å². The predicted octanol–water partition coefficient (Wildman–Crippen LogP) is 1.58. The Morgan fingerprint density at radius 3 is 2.89 bits per heavy atom. The maximum absolute atomic E-state index is 10.5. The van der Waals surface area contributed by atoms with Crippen LogP contribution < -0.4 is 0 Å². The van der Waals surface area contributed by atoms with Crippen LogP contribution in [0, 0.1) is 5.92 Å². The lowest BCUT2D eigenvalue weighted by molar-refractivity contribution is -0.136. The Balaban J connectivity index is 1.83. The Kier molecular flexibility index (Phi) is 4.36. The molecule has 5 heteroatoms. The van der Waals surface area contributed by atoms with E-state index < -0.39 is 5.97 Å². The lowest BCUT2D eigenvalue weighted by atomic mass is 9.93. The van der Waals surface area contributed by atoms with Crippen molar-refractivity contribution in [2.45, 2.75) is 32.6 Å². The zero-order chi connectivity index (χ0) is 13.0. The Morgan fingerprint density at radius 2 is 2.28 bits per heavy atom. The second-order valence-corrected chi connectivity index (χ2v) is 4.88. The normalized spacial score (nSPS) is 18.1. The number of nitrogens with zero attached hydrogens (tertiary/aromatic N) is 2. The second kappa shape index (κ2) is 6.00. The fourth-order valence-electron chi connectivity index (χ4n) is 2.43. The first-order valence-electron chi connectivity index (χ1n) is 6.54. The summed E-state index contributed by atoms with van der Waals surface area (Å²) in [6, 6.07) is 0. The summed E-state index contributed by atoms with van der Waals surface area (Å²) >= 11 is 0. The van der Waals surface area contributed by atoms with E-state index in [0.29, 0.717) is 17.5 Å². The summed E-state index contributed by atoms with van der Waals surface area (Å²) in [5.41, 5.74) is 0.517. The molecule has 2 rings (SSSR count). The number of hydrogen-bond acceptors (Lipinski definition) is 4. The topological polar surface area (TPSA) is 66.6 Å². The lowest BCUT2D eigenvalue weighted by Crippen LogP contribution is -2.34. The first-order valence-corrected chi connectivity index (χ1v) is 6.54. The highest BCUT2D eigenvalue weighted by atomic mass is 16.4. The van der Waals surface area contributed by atoms with Crippen LogP contribution in [0.5, 0.6) is 0 Å². The minimum atomic E-state index is -0.869. The van der Waals surface area contributed by atoms with Crippen molar-refractivity contribution in [1.29, 1.82) is 0 Å². The minimum absolute atomic E-state index is 0.0578. The van der Waals surface area contributed by atoms with E-state index in [0.717, 1.165) is 26.1 Å². The van der Waals surface area contributed by atoms with Crippen LogP contribution in [0.1, 0.15) is 31.4 Å². The molecule has 0 radical (unpaired) electrons. The van der Waals surface area contributed by atoms with Gasteiger partial charge >= 0.3 is 5.97 Å². The van der Waals surface area contributed by atoms with Crippen LogP contribution in [0.4, 0.5) is 0 Å². The van der Waals surface area contributed by atoms with Gasteiger partial charge in [0.1, 0.15) is 6.26 Å². The van der Waals surface area contributed by atoms with Crippen molar-refractivity contribution in [3.8, 4) is 0 Å². The van der Waals surface area contributed by atoms with Crippen molar-refractivity contribution in [1.82, 2.24) is 9.88 Å². The summed E-state index contributed by atoms with van der Waals surface area (Å²) in [5.74, 6) is 0.427. The van der Waals surface area contributed by atoms with Gasteiger partial charge in [0.05, 0.1) is 12.1 Å². The average Bonchev–Trinajstić information content (AvgIpc) is 2.76. The van der Waals surface area contributed by atoms with Crippen molar-refractivity contribution in [3.05, 3.63) is 17.8 Å². The number of carboxylic acid groups (broad SMARTS) is 1. The molecule has 100 valence electrons. The van der Waals surface area contributed by atoms with Crippen molar-refractivity contribution < 1.29 is 14.3 Å². The number of aliphatic carboxylic acids is 1. The van der Waals surface area contributed by atoms with E-state index in [2.05, 4.69) is 16.8 Å². The Bertz CT molecular complexity index is 395. The zero-order valence-electron chi connectivity index (χ0n) is 10.8. The molecule has 1 aromatic rings. The van der Waals surface area contributed by atoms with Crippen molar-refractivity contribution in [2.75, 3.05) is 19.6 Å². The van der Waals surface area contributed by atoms with Gasteiger partial charge in [-0.2, -0.15) is 0 Å². The number of carboxylic acids is 1. The number of carbonyl (C=O) groups is 1. The molecule has 0 saturated carbocycles. The first-order chi connectivity index (χ1) is 8.67. The van der Waals surface area contributed by atoms with Gasteiger partial charge < -0.3 is 14.4 Å². The van der Waals surface area contributed by atoms with E-state index in [1.807, 2.05) is 0 Å². The molecule has 1 aliphatic heterocycles. The van der Waals surface area contributed by atoms with Gasteiger partial charge in [-0.3, -0.25) is 4.79 Å². The highest BCUT2D eigenvalue weighted by Crippen LogP contribution is 2.21. The summed E-state index contributed by atoms with van der Waals surface area (Å²) in [5, 5.41) is 8.67. The molecule has 5 nitrogen and oxygen atoms in total. The molecule has 0 amide bonds. The molecule has 0 spiro atoms. The van der Waals surface area contributed by atoms with Crippen LogP contribution in [0.25, 0.3) is 0 Å². The molecule has 0 bridgehead atoms. The maximum Gasteiger partial charge on any atom is 0.309 e. The molecule has 0 aromatic carbocycles. The summed E-state index contributed by atoms with van der Waals surface area (Å²) in [4.78, 5) is 17.2. The maximum atomic E-state index is 10.5. The molecule has 18 heavy (non-hydrogen) atoms. The van der Waals surface area contributed by atoms with Crippen LogP contribution >= 0.6 is 0 Å². The molecule has 0 unspecified atom stereocenters. The molecule has 1 fully saturated rings. The summed E-state index contributed by atoms with van der Waals surface area (Å²) in [6.07, 6.45) is 4.58. The SMILES string of the molecule is CCN1CCC(Cc2nc(CC(=O)O)co2)CC1. The van der Waals surface area contributed by atoms with Gasteiger partial charge in [-0.05, 0) is 38.4 Å². The quantitative estimate of drug-likeness (QED) is 0.861. The summed E-state index contributed by atoms with van der Waals surface area (Å²) in [7, 11) is 0. The van der Waals surface area contributed by atoms with Gasteiger partial charge in [-0.1, -0.05) is 6.92 Å². The van der Waals surface area contributed by atoms with E-state index in [4.69, 9.17) is 9.52 Å². The average molecular weight is 252 g/mol. The van der Waals surface area contributed by atoms with E-state index in [9.17, 15) is 4.79 Å². The van der Waals surface area contributed by atoms with Gasteiger partial charge in [0.2, 0.25) is 0 Å². The van der Waals surface area contributed by atoms with Gasteiger partial charge in [-0.25, -0.2) is 4.98 Å². The number of aromatic nitrogens is 1. The van der Waals surface area contributed by atoms with Crippen molar-refractivity contribution in [2.24, 2.45) is 5.92 Å². The predicted molar refractivity (Wildman–Crippen MR) is 66.4 cm³/mol. The number of piperidine rings is 1. The summed E-state index contributed by atoms with van der Waals surface area (Å²) in [6.45, 7) is 5.59. The van der Waals surface area contributed by atoms with Crippen LogP contribution in [0.15, 0.2) is 10.7 Å². The van der Waals surface area contributed by atoms with Crippen LogP contribution in [0.3, 0.4) is 0 Å². The molecular weight excluding hydrogens is 232 g/mol. The van der Waals surface area contributed by atoms with E-state index in [-0.39, 0.29) is 6.42 Å². The standard InChI is InChI=1S/C13H20N2O3/c1-2-15-5-3-10(4-6-15)7-12-14-11(9-18-12)8-13(16)17/h9-10H,2-8H2,1H3,(H,16,17). The first kappa shape index (κ1) is 13.1. The van der Waals surface area contributed by atoms with E-state index in [1.54, 1.807) is 0 Å². The molecule has 0 aliphatic carbocycles. The molecule has 1 aliphatic rings. The Labute approximate surface area is 107 Å². The molecular formula is C13H20N2O3. The van der Waals surface area contributed by atoms with Crippen molar-refractivity contribution >= 4 is 5.97 Å². The fourth-order valence-corrected chi connectivity index (χ4v) is 2.43. The molecule has 1 N–H and O–H groups in total. The zero-order valence-corrected chi connectivity index (χ0v) is 10.8. The number of hydrogen-bond donors (Lipinski definition) is 1. The molecule has 1 aromatic heterocycles. The smallest absolute Gasteiger partial charge is 0.309 e. The number of oxazole rings is 1. The number of rotatable bonds is 5. The molecule has 0 atom stereocenters. The largest absolute Gasteiger partial charge is 0.481 e. The van der Waals surface area contributed by atoms with E-state index >= 15 is 0 Å². The van der Waals surface area contributed by atoms with Gasteiger partial charge in [-0.15, -0.1) is 0 Å². The molecule has 1 saturated heterocycles. The highest BCUT2D eigenvalue weighted by Gasteiger charge is 2.20. The van der Waals surface area contributed by atoms with Gasteiger partial charge in [0.15, 0.2) is 5.89 Å². The van der Waals surface area contributed by atoms with Crippen LogP contribution in [0.2, 0.25) is 0 Å². The van der Waals surface area contributed by atoms with Gasteiger partial charge in [0, 0.05) is 6.42 Å². The summed E-state index contributed by atoms with van der Waals surface area (Å²) < 4.78 is 5.33. The molecule has 2 heterocycles. The number of likely N-dealkylation sites (tertiary alicyclic amines) is 1.